The number of para-hydroxylation sites is 3. The largest absolute Gasteiger partial charge is 0.331 e. The van der Waals surface area contributed by atoms with E-state index in [-0.39, 0.29) is 5.54 Å². The zero-order chi connectivity index (χ0) is 23.6. The maximum atomic E-state index is 2.56. The lowest BCUT2D eigenvalue weighted by atomic mass is 9.80. The molecule has 0 bridgehead atoms. The molecule has 2 unspecified atom stereocenters. The average Bonchev–Trinajstić information content (AvgIpc) is 3.37. The van der Waals surface area contributed by atoms with Crippen molar-refractivity contribution in [1.29, 1.82) is 0 Å². The first-order valence-corrected chi connectivity index (χ1v) is 12.6. The van der Waals surface area contributed by atoms with E-state index >= 15 is 0 Å². The van der Waals surface area contributed by atoms with Gasteiger partial charge in [-0.15, -0.1) is 0 Å². The minimum absolute atomic E-state index is 0.136. The van der Waals surface area contributed by atoms with Crippen LogP contribution in [0, 0.1) is 0 Å². The molecule has 0 saturated carbocycles. The van der Waals surface area contributed by atoms with Crippen LogP contribution in [0.3, 0.4) is 0 Å². The highest BCUT2D eigenvalue weighted by Gasteiger charge is 2.46. The molecule has 0 saturated heterocycles. The zero-order valence-corrected chi connectivity index (χ0v) is 20.1. The summed E-state index contributed by atoms with van der Waals surface area (Å²) in [6.07, 6.45) is 10.1. The van der Waals surface area contributed by atoms with Crippen molar-refractivity contribution in [3.05, 3.63) is 126 Å². The van der Waals surface area contributed by atoms with Crippen LogP contribution in [-0.4, -0.2) is 10.1 Å². The van der Waals surface area contributed by atoms with Crippen molar-refractivity contribution >= 4 is 33.2 Å². The van der Waals surface area contributed by atoms with E-state index in [0.717, 1.165) is 6.42 Å². The quantitative estimate of drug-likeness (QED) is 0.266. The van der Waals surface area contributed by atoms with Gasteiger partial charge in [0, 0.05) is 33.8 Å². The minimum atomic E-state index is -0.136. The Labute approximate surface area is 206 Å². The van der Waals surface area contributed by atoms with Gasteiger partial charge in [-0.3, -0.25) is 0 Å². The summed E-state index contributed by atoms with van der Waals surface area (Å²) < 4.78 is 2.44. The second kappa shape index (κ2) is 7.48. The molecule has 2 heterocycles. The van der Waals surface area contributed by atoms with E-state index in [2.05, 4.69) is 139 Å². The van der Waals surface area contributed by atoms with Gasteiger partial charge in [0.1, 0.15) is 0 Å². The number of allylic oxidation sites excluding steroid dienone is 2. The summed E-state index contributed by atoms with van der Waals surface area (Å²) >= 11 is 0. The fourth-order valence-electron chi connectivity index (χ4n) is 6.31. The van der Waals surface area contributed by atoms with Crippen LogP contribution in [0.5, 0.6) is 0 Å². The maximum absolute atomic E-state index is 2.56. The second-order valence-corrected chi connectivity index (χ2v) is 9.92. The first kappa shape index (κ1) is 20.3. The molecular weight excluding hydrogens is 424 g/mol. The van der Waals surface area contributed by atoms with Gasteiger partial charge in [-0.1, -0.05) is 85.8 Å². The predicted molar refractivity (Wildman–Crippen MR) is 148 cm³/mol. The number of rotatable bonds is 3. The van der Waals surface area contributed by atoms with Crippen molar-refractivity contribution in [1.82, 2.24) is 4.57 Å². The molecule has 0 radical (unpaired) electrons. The Morgan fingerprint density at radius 2 is 1.40 bits per heavy atom. The minimum Gasteiger partial charge on any atom is -0.331 e. The molecule has 2 aliphatic rings. The molecule has 1 aromatic heterocycles. The van der Waals surface area contributed by atoms with Gasteiger partial charge in [0.15, 0.2) is 0 Å². The van der Waals surface area contributed by atoms with E-state index in [1.54, 1.807) is 0 Å². The normalized spacial score (nSPS) is 20.5. The predicted octanol–water partition coefficient (Wildman–Crippen LogP) is 8.47. The van der Waals surface area contributed by atoms with Crippen LogP contribution < -0.4 is 4.90 Å². The fraction of sp³-hybridized carbons (Fsp3) is 0.152. The van der Waals surface area contributed by atoms with Crippen LogP contribution in [0.15, 0.2) is 115 Å². The van der Waals surface area contributed by atoms with E-state index in [4.69, 9.17) is 0 Å². The summed E-state index contributed by atoms with van der Waals surface area (Å²) in [4.78, 5) is 2.56. The van der Waals surface area contributed by atoms with Crippen molar-refractivity contribution < 1.29 is 0 Å². The maximum Gasteiger partial charge on any atom is 0.0712 e. The van der Waals surface area contributed by atoms with E-state index in [0.29, 0.717) is 5.92 Å². The Morgan fingerprint density at radius 1 is 0.743 bits per heavy atom. The second-order valence-electron chi connectivity index (χ2n) is 9.92. The third kappa shape index (κ3) is 2.83. The molecule has 0 spiro atoms. The topological polar surface area (TPSA) is 8.17 Å². The van der Waals surface area contributed by atoms with Gasteiger partial charge >= 0.3 is 0 Å². The molecule has 2 nitrogen and oxygen atoms in total. The summed E-state index contributed by atoms with van der Waals surface area (Å²) in [7, 11) is 0. The number of aryl methyl sites for hydroxylation is 1. The first-order chi connectivity index (χ1) is 17.2. The number of nitrogens with zero attached hydrogens (tertiary/aromatic N) is 2. The highest BCUT2D eigenvalue weighted by Crippen LogP contribution is 2.54. The average molecular weight is 453 g/mol. The van der Waals surface area contributed by atoms with Gasteiger partial charge in [-0.05, 0) is 60.9 Å². The van der Waals surface area contributed by atoms with Crippen molar-refractivity contribution in [3.8, 4) is 5.69 Å². The lowest BCUT2D eigenvalue weighted by Crippen LogP contribution is -2.42. The molecule has 7 rings (SSSR count). The molecule has 170 valence electrons. The molecule has 1 aliphatic carbocycles. The summed E-state index contributed by atoms with van der Waals surface area (Å²) in [5.74, 6) is 0.339. The molecule has 2 atom stereocenters. The lowest BCUT2D eigenvalue weighted by Gasteiger charge is -2.39. The molecule has 5 aromatic rings. The summed E-state index contributed by atoms with van der Waals surface area (Å²) in [6, 6.07) is 33.5. The monoisotopic (exact) mass is 452 g/mol. The van der Waals surface area contributed by atoms with Crippen molar-refractivity contribution in [3.63, 3.8) is 0 Å². The Hall–Kier alpha value is -4.04. The van der Waals surface area contributed by atoms with Crippen LogP contribution in [0.4, 0.5) is 11.4 Å². The Bertz CT molecular complexity index is 1610. The number of anilines is 2. The highest BCUT2D eigenvalue weighted by atomic mass is 15.2. The van der Waals surface area contributed by atoms with Crippen LogP contribution >= 0.6 is 0 Å². The summed E-state index contributed by atoms with van der Waals surface area (Å²) in [6.45, 7) is 4.62. The number of fused-ring (bicyclic) bond motifs is 6. The molecule has 0 fully saturated rings. The van der Waals surface area contributed by atoms with Gasteiger partial charge in [-0.2, -0.15) is 0 Å². The van der Waals surface area contributed by atoms with Crippen LogP contribution in [0.1, 0.15) is 30.9 Å². The Morgan fingerprint density at radius 3 is 2.14 bits per heavy atom. The van der Waals surface area contributed by atoms with Crippen molar-refractivity contribution in [2.24, 2.45) is 0 Å². The van der Waals surface area contributed by atoms with Gasteiger partial charge in [0.2, 0.25) is 0 Å². The molecule has 1 aliphatic heterocycles. The Kier molecular flexibility index (Phi) is 4.35. The van der Waals surface area contributed by atoms with Crippen LogP contribution in [0.2, 0.25) is 0 Å². The number of benzene rings is 4. The molecule has 4 aromatic carbocycles. The summed E-state index contributed by atoms with van der Waals surface area (Å²) in [5.41, 5.74) is 8.88. The van der Waals surface area contributed by atoms with Crippen molar-refractivity contribution in [2.75, 3.05) is 4.90 Å². The molecular formula is C33H28N2. The molecule has 2 heteroatoms. The molecule has 35 heavy (non-hydrogen) atoms. The van der Waals surface area contributed by atoms with Gasteiger partial charge in [-0.25, -0.2) is 0 Å². The van der Waals surface area contributed by atoms with Gasteiger partial charge in [0.05, 0.1) is 16.6 Å². The standard InChI is InChI=1S/C33H28N2/c1-3-23-20-24(34-30-16-7-4-12-26(30)27-13-5-8-17-31(27)34)22-25(21-23)35-32-18-9-6-14-28(32)29-15-10-11-19-33(29,35)2/h4-22,29H,3H2,1-2H3. The number of hydrogen-bond donors (Lipinski definition) is 0. The lowest BCUT2D eigenvalue weighted by molar-refractivity contribution is 0.542. The summed E-state index contributed by atoms with van der Waals surface area (Å²) in [5, 5.41) is 2.59. The fourth-order valence-corrected chi connectivity index (χ4v) is 6.31. The van der Waals surface area contributed by atoms with Gasteiger partial charge in [0.25, 0.3) is 0 Å². The number of aromatic nitrogens is 1. The van der Waals surface area contributed by atoms with E-state index in [9.17, 15) is 0 Å². The van der Waals surface area contributed by atoms with Gasteiger partial charge < -0.3 is 9.47 Å². The molecule has 0 amide bonds. The highest BCUT2D eigenvalue weighted by molar-refractivity contribution is 6.09. The van der Waals surface area contributed by atoms with Crippen LogP contribution in [-0.2, 0) is 6.42 Å². The van der Waals surface area contributed by atoms with E-state index in [1.165, 1.54) is 50.0 Å². The third-order valence-electron chi connectivity index (χ3n) is 7.94. The zero-order valence-electron chi connectivity index (χ0n) is 20.1. The van der Waals surface area contributed by atoms with Crippen molar-refractivity contribution in [2.45, 2.75) is 31.7 Å². The van der Waals surface area contributed by atoms with E-state index in [1.807, 2.05) is 0 Å². The molecule has 0 N–H and O–H groups in total. The smallest absolute Gasteiger partial charge is 0.0712 e. The number of hydrogen-bond acceptors (Lipinski definition) is 1. The SMILES string of the molecule is CCc1cc(N2c3ccccc3C3C=CC=CC32C)cc(-n2c3ccccc3c3ccccc32)c1. The first-order valence-electron chi connectivity index (χ1n) is 12.6. The van der Waals surface area contributed by atoms with E-state index < -0.39 is 0 Å². The third-order valence-corrected chi connectivity index (χ3v) is 7.94. The van der Waals surface area contributed by atoms with Crippen LogP contribution in [0.25, 0.3) is 27.5 Å². The Balaban J connectivity index is 1.51.